The van der Waals surface area contributed by atoms with Crippen LogP contribution in [0.3, 0.4) is 0 Å². The summed E-state index contributed by atoms with van der Waals surface area (Å²) < 4.78 is 5.51. The van der Waals surface area contributed by atoms with Crippen LogP contribution in [0.5, 0.6) is 11.6 Å². The van der Waals surface area contributed by atoms with Crippen LogP contribution in [-0.2, 0) is 0 Å². The summed E-state index contributed by atoms with van der Waals surface area (Å²) in [7, 11) is 0. The zero-order valence-corrected chi connectivity index (χ0v) is 10.2. The fourth-order valence-corrected chi connectivity index (χ4v) is 1.59. The number of carboxylic acids is 1. The number of pyridine rings is 1. The lowest BCUT2D eigenvalue weighted by molar-refractivity contribution is 0.0692. The smallest absolute Gasteiger partial charge is 0.341 e. The molecular weight excluding hydrogens is 230 g/mol. The van der Waals surface area contributed by atoms with Gasteiger partial charge >= 0.3 is 5.97 Å². The average molecular weight is 243 g/mol. The van der Waals surface area contributed by atoms with Gasteiger partial charge in [-0.2, -0.15) is 0 Å². The van der Waals surface area contributed by atoms with E-state index in [9.17, 15) is 4.79 Å². The minimum absolute atomic E-state index is 0.0954. The van der Waals surface area contributed by atoms with Gasteiger partial charge in [0.15, 0.2) is 0 Å². The van der Waals surface area contributed by atoms with Gasteiger partial charge in [0.2, 0.25) is 5.88 Å². The number of carbonyl (C=O) groups is 1. The molecule has 1 aromatic carbocycles. The maximum atomic E-state index is 11.2. The van der Waals surface area contributed by atoms with Gasteiger partial charge in [0.05, 0.1) is 0 Å². The Hall–Kier alpha value is -2.36. The fourth-order valence-electron chi connectivity index (χ4n) is 1.59. The number of benzene rings is 1. The molecule has 4 heteroatoms. The third-order valence-electron chi connectivity index (χ3n) is 2.57. The van der Waals surface area contributed by atoms with E-state index in [4.69, 9.17) is 9.84 Å². The molecule has 0 aliphatic carbocycles. The number of aromatic carboxylic acids is 1. The number of aromatic nitrogens is 1. The minimum Gasteiger partial charge on any atom is -0.477 e. The molecule has 0 spiro atoms. The Morgan fingerprint density at radius 2 is 1.83 bits per heavy atom. The van der Waals surface area contributed by atoms with Gasteiger partial charge in [0, 0.05) is 6.20 Å². The quantitative estimate of drug-likeness (QED) is 0.899. The second kappa shape index (κ2) is 4.87. The van der Waals surface area contributed by atoms with Gasteiger partial charge in [0.25, 0.3) is 0 Å². The summed E-state index contributed by atoms with van der Waals surface area (Å²) in [5.74, 6) is -0.352. The third kappa shape index (κ3) is 2.48. The molecule has 0 radical (unpaired) electrons. The Labute approximate surface area is 105 Å². The van der Waals surface area contributed by atoms with Gasteiger partial charge in [-0.1, -0.05) is 17.7 Å². The van der Waals surface area contributed by atoms with Crippen molar-refractivity contribution in [2.24, 2.45) is 0 Å². The standard InChI is InChI=1S/C14H13NO3/c1-9-3-5-11(6-4-9)18-13-12(14(16)17)10(2)7-8-15-13/h3-8H,1-2H3,(H,16,17). The summed E-state index contributed by atoms with van der Waals surface area (Å²) in [6.45, 7) is 3.69. The Bertz CT molecular complexity index is 576. The first-order valence-corrected chi connectivity index (χ1v) is 5.51. The molecular formula is C14H13NO3. The van der Waals surface area contributed by atoms with E-state index in [1.54, 1.807) is 25.1 Å². The number of aryl methyl sites for hydroxylation is 2. The highest BCUT2D eigenvalue weighted by Crippen LogP contribution is 2.25. The summed E-state index contributed by atoms with van der Waals surface area (Å²) >= 11 is 0. The van der Waals surface area contributed by atoms with Crippen molar-refractivity contribution in [1.29, 1.82) is 0 Å². The van der Waals surface area contributed by atoms with Crippen molar-refractivity contribution in [2.75, 3.05) is 0 Å². The van der Waals surface area contributed by atoms with Crippen molar-refractivity contribution < 1.29 is 14.6 Å². The average Bonchev–Trinajstić information content (AvgIpc) is 2.32. The summed E-state index contributed by atoms with van der Waals surface area (Å²) in [5.41, 5.74) is 1.83. The fraction of sp³-hybridized carbons (Fsp3) is 0.143. The molecule has 0 fully saturated rings. The molecule has 0 bridgehead atoms. The molecule has 0 atom stereocenters. The van der Waals surface area contributed by atoms with Crippen LogP contribution in [-0.4, -0.2) is 16.1 Å². The van der Waals surface area contributed by atoms with Crippen LogP contribution in [0, 0.1) is 13.8 Å². The van der Waals surface area contributed by atoms with Crippen LogP contribution >= 0.6 is 0 Å². The van der Waals surface area contributed by atoms with E-state index in [2.05, 4.69) is 4.98 Å². The molecule has 0 unspecified atom stereocenters. The Morgan fingerprint density at radius 1 is 1.17 bits per heavy atom. The molecule has 0 amide bonds. The number of carboxylic acid groups (broad SMARTS) is 1. The van der Waals surface area contributed by atoms with Crippen molar-refractivity contribution in [3.8, 4) is 11.6 Å². The van der Waals surface area contributed by atoms with Crippen LogP contribution in [0.15, 0.2) is 36.5 Å². The second-order valence-corrected chi connectivity index (χ2v) is 4.03. The molecule has 0 saturated carbocycles. The molecule has 2 rings (SSSR count). The van der Waals surface area contributed by atoms with Crippen molar-refractivity contribution in [2.45, 2.75) is 13.8 Å². The van der Waals surface area contributed by atoms with Gasteiger partial charge in [-0.3, -0.25) is 0 Å². The lowest BCUT2D eigenvalue weighted by Crippen LogP contribution is -2.04. The minimum atomic E-state index is -1.04. The van der Waals surface area contributed by atoms with Gasteiger partial charge < -0.3 is 9.84 Å². The van der Waals surface area contributed by atoms with Crippen LogP contribution in [0.4, 0.5) is 0 Å². The second-order valence-electron chi connectivity index (χ2n) is 4.03. The maximum Gasteiger partial charge on any atom is 0.341 e. The summed E-state index contributed by atoms with van der Waals surface area (Å²) in [5, 5.41) is 9.15. The van der Waals surface area contributed by atoms with E-state index in [0.29, 0.717) is 11.3 Å². The molecule has 2 aromatic rings. The van der Waals surface area contributed by atoms with E-state index in [-0.39, 0.29) is 11.4 Å². The summed E-state index contributed by atoms with van der Waals surface area (Å²) in [6.07, 6.45) is 1.53. The number of hydrogen-bond donors (Lipinski definition) is 1. The highest BCUT2D eigenvalue weighted by atomic mass is 16.5. The van der Waals surface area contributed by atoms with E-state index in [0.717, 1.165) is 5.56 Å². The molecule has 0 saturated heterocycles. The predicted molar refractivity (Wildman–Crippen MR) is 67.2 cm³/mol. The lowest BCUT2D eigenvalue weighted by Gasteiger charge is -2.09. The van der Waals surface area contributed by atoms with Crippen LogP contribution < -0.4 is 4.74 Å². The largest absolute Gasteiger partial charge is 0.477 e. The number of hydrogen-bond acceptors (Lipinski definition) is 3. The van der Waals surface area contributed by atoms with Gasteiger partial charge in [-0.15, -0.1) is 0 Å². The van der Waals surface area contributed by atoms with E-state index < -0.39 is 5.97 Å². The van der Waals surface area contributed by atoms with Crippen LogP contribution in [0.1, 0.15) is 21.5 Å². The number of rotatable bonds is 3. The predicted octanol–water partition coefficient (Wildman–Crippen LogP) is 3.19. The molecule has 18 heavy (non-hydrogen) atoms. The van der Waals surface area contributed by atoms with Crippen molar-refractivity contribution >= 4 is 5.97 Å². The van der Waals surface area contributed by atoms with Crippen molar-refractivity contribution in [3.63, 3.8) is 0 Å². The van der Waals surface area contributed by atoms with E-state index in [1.165, 1.54) is 6.20 Å². The van der Waals surface area contributed by atoms with Crippen molar-refractivity contribution in [3.05, 3.63) is 53.2 Å². The highest BCUT2D eigenvalue weighted by molar-refractivity contribution is 5.91. The monoisotopic (exact) mass is 243 g/mol. The van der Waals surface area contributed by atoms with Gasteiger partial charge in [-0.25, -0.2) is 9.78 Å². The molecule has 1 heterocycles. The molecule has 1 N–H and O–H groups in total. The first kappa shape index (κ1) is 12.1. The molecule has 1 aromatic heterocycles. The molecule has 0 aliphatic heterocycles. The van der Waals surface area contributed by atoms with E-state index in [1.807, 2.05) is 19.1 Å². The zero-order chi connectivity index (χ0) is 13.1. The number of ether oxygens (including phenoxy) is 1. The number of nitrogens with zero attached hydrogens (tertiary/aromatic N) is 1. The van der Waals surface area contributed by atoms with Crippen LogP contribution in [0.2, 0.25) is 0 Å². The lowest BCUT2D eigenvalue weighted by atomic mass is 10.1. The maximum absolute atomic E-state index is 11.2. The zero-order valence-electron chi connectivity index (χ0n) is 10.2. The molecule has 0 aliphatic rings. The topological polar surface area (TPSA) is 59.4 Å². The SMILES string of the molecule is Cc1ccc(Oc2nccc(C)c2C(=O)O)cc1. The Morgan fingerprint density at radius 3 is 2.44 bits per heavy atom. The van der Waals surface area contributed by atoms with Crippen LogP contribution in [0.25, 0.3) is 0 Å². The first-order valence-electron chi connectivity index (χ1n) is 5.51. The summed E-state index contributed by atoms with van der Waals surface area (Å²) in [4.78, 5) is 15.1. The van der Waals surface area contributed by atoms with Crippen molar-refractivity contribution in [1.82, 2.24) is 4.98 Å². The third-order valence-corrected chi connectivity index (χ3v) is 2.57. The molecule has 92 valence electrons. The van der Waals surface area contributed by atoms with Gasteiger partial charge in [0.1, 0.15) is 11.3 Å². The Balaban J connectivity index is 2.37. The highest BCUT2D eigenvalue weighted by Gasteiger charge is 2.16. The summed E-state index contributed by atoms with van der Waals surface area (Å²) in [6, 6.07) is 9.00. The van der Waals surface area contributed by atoms with E-state index >= 15 is 0 Å². The Kier molecular flexibility index (Phi) is 3.28. The first-order chi connectivity index (χ1) is 8.58. The normalized spacial score (nSPS) is 10.1. The molecule has 4 nitrogen and oxygen atoms in total. The van der Waals surface area contributed by atoms with Gasteiger partial charge in [-0.05, 0) is 37.6 Å².